The molecule has 1 aromatic heterocycles. The zero-order valence-corrected chi connectivity index (χ0v) is 16.7. The molecule has 2 amide bonds. The summed E-state index contributed by atoms with van der Waals surface area (Å²) in [6, 6.07) is 6.88. The maximum absolute atomic E-state index is 13.9. The number of amides is 2. The van der Waals surface area contributed by atoms with Crippen molar-refractivity contribution in [3.63, 3.8) is 0 Å². The van der Waals surface area contributed by atoms with Crippen LogP contribution in [0.5, 0.6) is 0 Å². The lowest BCUT2D eigenvalue weighted by atomic mass is 9.89. The molecule has 3 heterocycles. The molecule has 7 nitrogen and oxygen atoms in total. The number of likely N-dealkylation sites (tertiary alicyclic amines) is 1. The van der Waals surface area contributed by atoms with E-state index in [0.717, 1.165) is 12.1 Å². The second-order valence-corrected chi connectivity index (χ2v) is 8.25. The molecular formula is C20H26FN5O2. The summed E-state index contributed by atoms with van der Waals surface area (Å²) < 4.78 is 19.4. The van der Waals surface area contributed by atoms with E-state index >= 15 is 0 Å². The Labute approximate surface area is 164 Å². The summed E-state index contributed by atoms with van der Waals surface area (Å²) in [4.78, 5) is 22.8. The van der Waals surface area contributed by atoms with E-state index in [0.29, 0.717) is 24.9 Å². The first-order chi connectivity index (χ1) is 13.3. The van der Waals surface area contributed by atoms with Crippen LogP contribution in [0, 0.1) is 17.7 Å². The highest BCUT2D eigenvalue weighted by molar-refractivity contribution is 5.75. The van der Waals surface area contributed by atoms with Crippen LogP contribution in [0.1, 0.15) is 37.2 Å². The Kier molecular flexibility index (Phi) is 4.72. The average molecular weight is 387 g/mol. The van der Waals surface area contributed by atoms with E-state index in [4.69, 9.17) is 4.52 Å². The van der Waals surface area contributed by atoms with E-state index < -0.39 is 0 Å². The number of aromatic nitrogens is 2. The fourth-order valence-corrected chi connectivity index (χ4v) is 4.36. The Balaban J connectivity index is 1.62. The molecule has 28 heavy (non-hydrogen) atoms. The van der Waals surface area contributed by atoms with Gasteiger partial charge in [-0.15, -0.1) is 0 Å². The van der Waals surface area contributed by atoms with Crippen molar-refractivity contribution in [2.45, 2.75) is 25.8 Å². The summed E-state index contributed by atoms with van der Waals surface area (Å²) in [7, 11) is 3.49. The number of anilines is 1. The van der Waals surface area contributed by atoms with Gasteiger partial charge in [0.1, 0.15) is 5.82 Å². The summed E-state index contributed by atoms with van der Waals surface area (Å²) in [5, 5.41) is 4.06. The average Bonchev–Trinajstić information content (AvgIpc) is 3.34. The van der Waals surface area contributed by atoms with Crippen molar-refractivity contribution in [3.8, 4) is 0 Å². The standard InChI is InChI=1S/C20H26FN5O2/c1-12(2)18-22-19(28-23-18)25-9-14-10-26(20(27)24(3)4)17(16(14)11-25)13-6-5-7-15(21)8-13/h5-8,12,14,16-17H,9-11H2,1-4H3/t14-,16-,17-/m1/s1. The normalized spacial score (nSPS) is 24.1. The van der Waals surface area contributed by atoms with Crippen molar-refractivity contribution in [2.24, 2.45) is 11.8 Å². The zero-order chi connectivity index (χ0) is 20.0. The maximum atomic E-state index is 13.9. The van der Waals surface area contributed by atoms with Gasteiger partial charge in [-0.25, -0.2) is 9.18 Å². The third-order valence-corrected chi connectivity index (χ3v) is 5.70. The number of urea groups is 1. The van der Waals surface area contributed by atoms with Crippen molar-refractivity contribution >= 4 is 12.0 Å². The summed E-state index contributed by atoms with van der Waals surface area (Å²) in [6.45, 7) is 6.12. The third kappa shape index (κ3) is 3.21. The molecule has 150 valence electrons. The summed E-state index contributed by atoms with van der Waals surface area (Å²) in [6.07, 6.45) is 0. The number of hydrogen-bond donors (Lipinski definition) is 0. The topological polar surface area (TPSA) is 65.7 Å². The highest BCUT2D eigenvalue weighted by Crippen LogP contribution is 2.46. The molecule has 0 spiro atoms. The minimum absolute atomic E-state index is 0.0462. The van der Waals surface area contributed by atoms with Crippen LogP contribution in [0.25, 0.3) is 0 Å². The number of fused-ring (bicyclic) bond motifs is 1. The largest absolute Gasteiger partial charge is 0.331 e. The van der Waals surface area contributed by atoms with Crippen molar-refractivity contribution in [3.05, 3.63) is 41.5 Å². The second kappa shape index (κ2) is 7.07. The van der Waals surface area contributed by atoms with Gasteiger partial charge in [0.25, 0.3) is 0 Å². The van der Waals surface area contributed by atoms with Gasteiger partial charge in [-0.2, -0.15) is 4.98 Å². The number of carbonyl (C=O) groups excluding carboxylic acids is 1. The second-order valence-electron chi connectivity index (χ2n) is 8.25. The molecule has 3 atom stereocenters. The first-order valence-corrected chi connectivity index (χ1v) is 9.67. The molecule has 2 saturated heterocycles. The van der Waals surface area contributed by atoms with Gasteiger partial charge in [0.05, 0.1) is 6.04 Å². The van der Waals surface area contributed by atoms with Crippen LogP contribution in [0.3, 0.4) is 0 Å². The van der Waals surface area contributed by atoms with Gasteiger partial charge in [0, 0.05) is 51.5 Å². The van der Waals surface area contributed by atoms with E-state index in [1.807, 2.05) is 24.8 Å². The quantitative estimate of drug-likeness (QED) is 0.810. The lowest BCUT2D eigenvalue weighted by molar-refractivity contribution is 0.159. The fourth-order valence-electron chi connectivity index (χ4n) is 4.36. The van der Waals surface area contributed by atoms with Gasteiger partial charge in [0.2, 0.25) is 0 Å². The van der Waals surface area contributed by atoms with Crippen LogP contribution in [0.15, 0.2) is 28.8 Å². The van der Waals surface area contributed by atoms with Crippen molar-refractivity contribution in [2.75, 3.05) is 38.6 Å². The lowest BCUT2D eigenvalue weighted by Gasteiger charge is -2.31. The Morgan fingerprint density at radius 3 is 2.71 bits per heavy atom. The molecule has 2 aromatic rings. The molecule has 0 bridgehead atoms. The molecule has 2 aliphatic rings. The molecule has 0 radical (unpaired) electrons. The summed E-state index contributed by atoms with van der Waals surface area (Å²) in [5.74, 6) is 1.06. The van der Waals surface area contributed by atoms with E-state index in [1.54, 1.807) is 25.1 Å². The first kappa shape index (κ1) is 18.7. The SMILES string of the molecule is CC(C)c1noc(N2C[C@@H]3CN(C(=O)N(C)C)[C@H](c4cccc(F)c4)[C@@H]3C2)n1. The third-order valence-electron chi connectivity index (χ3n) is 5.70. The fraction of sp³-hybridized carbons (Fsp3) is 0.550. The first-order valence-electron chi connectivity index (χ1n) is 9.67. The number of benzene rings is 1. The molecule has 0 saturated carbocycles. The van der Waals surface area contributed by atoms with Gasteiger partial charge in [0.15, 0.2) is 5.82 Å². The number of carbonyl (C=O) groups is 1. The van der Waals surface area contributed by atoms with Crippen LogP contribution < -0.4 is 4.90 Å². The van der Waals surface area contributed by atoms with Gasteiger partial charge in [-0.3, -0.25) is 0 Å². The molecule has 8 heteroatoms. The highest BCUT2D eigenvalue weighted by Gasteiger charge is 2.50. The van der Waals surface area contributed by atoms with Crippen LogP contribution in [0.4, 0.5) is 15.2 Å². The van der Waals surface area contributed by atoms with E-state index in [9.17, 15) is 9.18 Å². The predicted molar refractivity (Wildman–Crippen MR) is 103 cm³/mol. The number of halogens is 1. The summed E-state index contributed by atoms with van der Waals surface area (Å²) >= 11 is 0. The van der Waals surface area contributed by atoms with Crippen molar-refractivity contribution < 1.29 is 13.7 Å². The number of rotatable bonds is 3. The molecular weight excluding hydrogens is 361 g/mol. The monoisotopic (exact) mass is 387 g/mol. The van der Waals surface area contributed by atoms with Gasteiger partial charge >= 0.3 is 12.0 Å². The molecule has 0 N–H and O–H groups in total. The molecule has 0 unspecified atom stereocenters. The van der Waals surface area contributed by atoms with E-state index in [-0.39, 0.29) is 35.6 Å². The minimum atomic E-state index is -0.286. The number of hydrogen-bond acceptors (Lipinski definition) is 5. The van der Waals surface area contributed by atoms with Crippen LogP contribution in [-0.4, -0.2) is 59.7 Å². The molecule has 0 aliphatic carbocycles. The molecule has 2 aliphatic heterocycles. The van der Waals surface area contributed by atoms with Crippen molar-refractivity contribution in [1.29, 1.82) is 0 Å². The number of nitrogens with zero attached hydrogens (tertiary/aromatic N) is 5. The van der Waals surface area contributed by atoms with Crippen LogP contribution in [-0.2, 0) is 0 Å². The molecule has 2 fully saturated rings. The summed E-state index contributed by atoms with van der Waals surface area (Å²) in [5.41, 5.74) is 0.831. The predicted octanol–water partition coefficient (Wildman–Crippen LogP) is 3.12. The smallest absolute Gasteiger partial charge is 0.324 e. The van der Waals surface area contributed by atoms with Crippen LogP contribution >= 0.6 is 0 Å². The molecule has 4 rings (SSSR count). The van der Waals surface area contributed by atoms with Crippen LogP contribution in [0.2, 0.25) is 0 Å². The van der Waals surface area contributed by atoms with Gasteiger partial charge in [-0.05, 0) is 17.7 Å². The van der Waals surface area contributed by atoms with Gasteiger partial charge in [-0.1, -0.05) is 31.1 Å². The van der Waals surface area contributed by atoms with E-state index in [1.165, 1.54) is 12.1 Å². The Morgan fingerprint density at radius 1 is 1.29 bits per heavy atom. The highest BCUT2D eigenvalue weighted by atomic mass is 19.1. The van der Waals surface area contributed by atoms with Crippen molar-refractivity contribution in [1.82, 2.24) is 19.9 Å². The lowest BCUT2D eigenvalue weighted by Crippen LogP contribution is -2.41. The Morgan fingerprint density at radius 2 is 2.07 bits per heavy atom. The minimum Gasteiger partial charge on any atom is -0.331 e. The Hall–Kier alpha value is -2.64. The van der Waals surface area contributed by atoms with Gasteiger partial charge < -0.3 is 19.2 Å². The zero-order valence-electron chi connectivity index (χ0n) is 16.7. The van der Waals surface area contributed by atoms with E-state index in [2.05, 4.69) is 15.0 Å². The Bertz CT molecular complexity index is 868. The molecule has 1 aromatic carbocycles. The maximum Gasteiger partial charge on any atom is 0.324 e.